The molecule has 3 aliphatic heterocycles. The van der Waals surface area contributed by atoms with Gasteiger partial charge in [-0.1, -0.05) is 46.1 Å². The molecule has 0 aromatic carbocycles. The Morgan fingerprint density at radius 1 is 1.21 bits per heavy atom. The van der Waals surface area contributed by atoms with Gasteiger partial charge in [0.1, 0.15) is 11.7 Å². The van der Waals surface area contributed by atoms with Gasteiger partial charge < -0.3 is 19.3 Å². The number of aliphatic hydroxyl groups is 1. The number of ketones is 1. The maximum Gasteiger partial charge on any atom is 0.306 e. The molecule has 192 valence electrons. The fraction of sp³-hybridized carbons (Fsp3) is 0.857. The van der Waals surface area contributed by atoms with Gasteiger partial charge in [-0.3, -0.25) is 9.59 Å². The Kier molecular flexibility index (Phi) is 7.62. The van der Waals surface area contributed by atoms with Gasteiger partial charge in [-0.25, -0.2) is 0 Å². The first kappa shape index (κ1) is 25.8. The van der Waals surface area contributed by atoms with Crippen LogP contribution in [-0.4, -0.2) is 53.0 Å². The van der Waals surface area contributed by atoms with Gasteiger partial charge in [-0.2, -0.15) is 0 Å². The van der Waals surface area contributed by atoms with E-state index >= 15 is 0 Å². The first-order chi connectivity index (χ1) is 16.1. The van der Waals surface area contributed by atoms with Crippen molar-refractivity contribution in [3.63, 3.8) is 0 Å². The van der Waals surface area contributed by atoms with Crippen LogP contribution in [0.25, 0.3) is 0 Å². The second-order valence-corrected chi connectivity index (χ2v) is 11.8. The van der Waals surface area contributed by atoms with Crippen LogP contribution in [0.4, 0.5) is 0 Å². The van der Waals surface area contributed by atoms with Gasteiger partial charge in [0.2, 0.25) is 0 Å². The molecule has 0 amide bonds. The zero-order valence-corrected chi connectivity index (χ0v) is 21.5. The van der Waals surface area contributed by atoms with Crippen LogP contribution in [0.3, 0.4) is 0 Å². The summed E-state index contributed by atoms with van der Waals surface area (Å²) in [5.74, 6) is 0.261. The Bertz CT molecular complexity index is 790. The SMILES string of the molecule is C=C1C[C@@H]2O[C@H]3C4C2[C@@](C)(O)CC[C@H]4C(C)CO[C@@]3(C)[C@H](OC(=O)CCCCCCC)CC1=O. The Labute approximate surface area is 204 Å². The summed E-state index contributed by atoms with van der Waals surface area (Å²) in [6, 6.07) is 0. The number of rotatable bonds is 7. The number of hydrogen-bond donors (Lipinski definition) is 1. The number of Topliss-reactive ketones (excluding diaryl/α,β-unsaturated/α-hetero) is 1. The quantitative estimate of drug-likeness (QED) is 0.324. The minimum absolute atomic E-state index is 0.0658. The van der Waals surface area contributed by atoms with E-state index in [-0.39, 0.29) is 42.2 Å². The summed E-state index contributed by atoms with van der Waals surface area (Å²) < 4.78 is 19.3. The van der Waals surface area contributed by atoms with E-state index in [1.165, 1.54) is 6.42 Å². The van der Waals surface area contributed by atoms with Gasteiger partial charge in [0, 0.05) is 18.8 Å². The van der Waals surface area contributed by atoms with Crippen LogP contribution >= 0.6 is 0 Å². The molecule has 2 bridgehead atoms. The van der Waals surface area contributed by atoms with Gasteiger partial charge >= 0.3 is 5.97 Å². The zero-order valence-electron chi connectivity index (χ0n) is 21.5. The summed E-state index contributed by atoms with van der Waals surface area (Å²) in [5, 5.41) is 11.4. The molecule has 3 unspecified atom stereocenters. The van der Waals surface area contributed by atoms with Gasteiger partial charge in [-0.15, -0.1) is 0 Å². The Hall–Kier alpha value is -1.24. The molecule has 4 rings (SSSR count). The van der Waals surface area contributed by atoms with Crippen molar-refractivity contribution in [2.45, 2.75) is 121 Å². The lowest BCUT2D eigenvalue weighted by molar-refractivity contribution is -0.202. The lowest BCUT2D eigenvalue weighted by Crippen LogP contribution is -2.58. The minimum Gasteiger partial charge on any atom is -0.459 e. The largest absolute Gasteiger partial charge is 0.459 e. The van der Waals surface area contributed by atoms with E-state index < -0.39 is 17.3 Å². The van der Waals surface area contributed by atoms with Gasteiger partial charge in [-0.05, 0) is 56.4 Å². The highest BCUT2D eigenvalue weighted by atomic mass is 16.6. The van der Waals surface area contributed by atoms with Crippen molar-refractivity contribution < 1.29 is 28.9 Å². The highest BCUT2D eigenvalue weighted by Crippen LogP contribution is 2.58. The van der Waals surface area contributed by atoms with Crippen molar-refractivity contribution in [3.8, 4) is 0 Å². The average Bonchev–Trinajstić information content (AvgIpc) is 3.13. The first-order valence-electron chi connectivity index (χ1n) is 13.5. The highest BCUT2D eigenvalue weighted by Gasteiger charge is 2.66. The molecule has 1 saturated carbocycles. The molecule has 1 aliphatic carbocycles. The number of ether oxygens (including phenoxy) is 3. The smallest absolute Gasteiger partial charge is 0.306 e. The summed E-state index contributed by atoms with van der Waals surface area (Å²) in [4.78, 5) is 26.0. The summed E-state index contributed by atoms with van der Waals surface area (Å²) in [6.45, 7) is 12.8. The van der Waals surface area contributed by atoms with Crippen molar-refractivity contribution in [2.24, 2.45) is 23.7 Å². The number of carbonyl (C=O) groups excluding carboxylic acids is 2. The van der Waals surface area contributed by atoms with E-state index in [1.807, 2.05) is 13.8 Å². The molecule has 0 aromatic heterocycles. The third-order valence-corrected chi connectivity index (χ3v) is 9.25. The predicted octanol–water partition coefficient (Wildman–Crippen LogP) is 4.76. The molecule has 4 fully saturated rings. The Morgan fingerprint density at radius 2 is 1.94 bits per heavy atom. The predicted molar refractivity (Wildman–Crippen MR) is 129 cm³/mol. The van der Waals surface area contributed by atoms with Crippen molar-refractivity contribution in [1.29, 1.82) is 0 Å². The van der Waals surface area contributed by atoms with Crippen LogP contribution in [0.5, 0.6) is 0 Å². The minimum atomic E-state index is -0.952. The highest BCUT2D eigenvalue weighted by molar-refractivity contribution is 5.95. The molecule has 6 nitrogen and oxygen atoms in total. The third kappa shape index (κ3) is 4.75. The molecule has 4 aliphatic rings. The molecular formula is C28H44O6. The van der Waals surface area contributed by atoms with Gasteiger partial charge in [0.05, 0.1) is 30.8 Å². The van der Waals surface area contributed by atoms with E-state index in [1.54, 1.807) is 0 Å². The van der Waals surface area contributed by atoms with Crippen molar-refractivity contribution >= 4 is 11.8 Å². The molecule has 0 spiro atoms. The van der Waals surface area contributed by atoms with Crippen LogP contribution in [0.1, 0.15) is 91.9 Å². The number of carbonyl (C=O) groups is 2. The normalized spacial score (nSPS) is 44.1. The number of hydrogen-bond acceptors (Lipinski definition) is 6. The fourth-order valence-corrected chi connectivity index (χ4v) is 7.19. The van der Waals surface area contributed by atoms with E-state index in [0.717, 1.165) is 32.1 Å². The van der Waals surface area contributed by atoms with E-state index in [4.69, 9.17) is 14.2 Å². The van der Waals surface area contributed by atoms with E-state index in [9.17, 15) is 14.7 Å². The van der Waals surface area contributed by atoms with Crippen molar-refractivity contribution in [3.05, 3.63) is 12.2 Å². The standard InChI is InChI=1S/C28H44O6/c1-6-7-8-9-10-11-23(30)34-22-15-20(29)17(2)14-21-25-24-19(12-13-27(25,4)31)18(3)16-32-28(22,5)26(24)33-21/h18-19,21-22,24-26,31H,2,6-16H2,1,3-5H3/t18?,19-,21-,22+,24?,25?,26-,27-,28-/m0/s1. The molecule has 0 radical (unpaired) electrons. The van der Waals surface area contributed by atoms with E-state index in [2.05, 4.69) is 20.4 Å². The lowest BCUT2D eigenvalue weighted by Gasteiger charge is -2.48. The van der Waals surface area contributed by atoms with Crippen LogP contribution in [-0.2, 0) is 23.8 Å². The second-order valence-electron chi connectivity index (χ2n) is 11.8. The Morgan fingerprint density at radius 3 is 2.68 bits per heavy atom. The van der Waals surface area contributed by atoms with Crippen LogP contribution in [0.15, 0.2) is 12.2 Å². The van der Waals surface area contributed by atoms with Crippen LogP contribution < -0.4 is 0 Å². The first-order valence-corrected chi connectivity index (χ1v) is 13.5. The van der Waals surface area contributed by atoms with Crippen molar-refractivity contribution in [2.75, 3.05) is 6.61 Å². The molecule has 6 heteroatoms. The molecule has 0 aromatic rings. The van der Waals surface area contributed by atoms with Crippen molar-refractivity contribution in [1.82, 2.24) is 0 Å². The number of fused-ring (bicyclic) bond motifs is 2. The average molecular weight is 477 g/mol. The summed E-state index contributed by atoms with van der Waals surface area (Å²) >= 11 is 0. The third-order valence-electron chi connectivity index (χ3n) is 9.25. The topological polar surface area (TPSA) is 82.1 Å². The molecule has 3 heterocycles. The summed E-state index contributed by atoms with van der Waals surface area (Å²) in [7, 11) is 0. The van der Waals surface area contributed by atoms with Gasteiger partial charge in [0.25, 0.3) is 0 Å². The zero-order chi connectivity index (χ0) is 24.7. The molecule has 3 saturated heterocycles. The number of unbranched alkanes of at least 4 members (excludes halogenated alkanes) is 4. The maximum atomic E-state index is 13.1. The lowest BCUT2D eigenvalue weighted by atomic mass is 9.58. The second kappa shape index (κ2) is 10.0. The molecule has 9 atom stereocenters. The molecule has 34 heavy (non-hydrogen) atoms. The van der Waals surface area contributed by atoms with E-state index in [0.29, 0.717) is 43.3 Å². The summed E-state index contributed by atoms with van der Waals surface area (Å²) in [6.07, 6.45) is 6.32. The molecule has 1 N–H and O–H groups in total. The van der Waals surface area contributed by atoms with Crippen LogP contribution in [0, 0.1) is 23.7 Å². The fourth-order valence-electron chi connectivity index (χ4n) is 7.19. The summed E-state index contributed by atoms with van der Waals surface area (Å²) in [5.41, 5.74) is -1.34. The Balaban J connectivity index is 1.63. The molecular weight excluding hydrogens is 432 g/mol. The number of esters is 1. The monoisotopic (exact) mass is 476 g/mol. The van der Waals surface area contributed by atoms with Gasteiger partial charge in [0.15, 0.2) is 5.78 Å². The maximum absolute atomic E-state index is 13.1. The van der Waals surface area contributed by atoms with Crippen LogP contribution in [0.2, 0.25) is 0 Å².